The Morgan fingerprint density at radius 3 is 3.20 bits per heavy atom. The maximum Gasteiger partial charge on any atom is 0.255 e. The minimum absolute atomic E-state index is 0.624. The number of sulfone groups is 1. The molecule has 25 heavy (non-hydrogen) atoms. The van der Waals surface area contributed by atoms with Crippen molar-refractivity contribution in [2.24, 2.45) is 0 Å². The van der Waals surface area contributed by atoms with Crippen molar-refractivity contribution < 1.29 is 48.1 Å². The Bertz CT molecular complexity index is 1550. The summed E-state index contributed by atoms with van der Waals surface area (Å²) in [6.45, 7) is -17.6. The first kappa shape index (κ1) is 5.36. The molecule has 1 aromatic rings. The van der Waals surface area contributed by atoms with Crippen molar-refractivity contribution in [1.29, 1.82) is 0 Å². The predicted octanol–water partition coefficient (Wildman–Crippen LogP) is 1.29. The van der Waals surface area contributed by atoms with Crippen LogP contribution in [0.15, 0.2) is 17.0 Å². The molecule has 1 saturated heterocycles. The molecule has 1 aliphatic heterocycles. The summed E-state index contributed by atoms with van der Waals surface area (Å²) in [4.78, 5) is 11.1. The molecular formula is C17H27N3O4S. The molecule has 3 N–H and O–H groups in total. The van der Waals surface area contributed by atoms with Crippen LogP contribution in [0, 0.1) is 0 Å². The maximum absolute atomic E-state index is 13.5. The van der Waals surface area contributed by atoms with Crippen LogP contribution in [-0.2, 0) is 9.84 Å². The maximum atomic E-state index is 13.5. The zero-order valence-corrected chi connectivity index (χ0v) is 13.1. The molecule has 1 heterocycles. The molecule has 2 rings (SSSR count). The molecule has 0 aromatic heterocycles. The monoisotopic (exact) mass is 391 g/mol. The van der Waals surface area contributed by atoms with Crippen molar-refractivity contribution in [3.63, 3.8) is 0 Å². The summed E-state index contributed by atoms with van der Waals surface area (Å²) >= 11 is 0. The largest absolute Gasteiger partial charge is 0.496 e. The van der Waals surface area contributed by atoms with Gasteiger partial charge in [0.25, 0.3) is 5.91 Å². The third-order valence-electron chi connectivity index (χ3n) is 2.86. The molecule has 1 unspecified atom stereocenters. The van der Waals surface area contributed by atoms with Crippen LogP contribution in [0.2, 0.25) is 0 Å². The summed E-state index contributed by atoms with van der Waals surface area (Å²) in [5.74, 6) is -3.48. The molecule has 1 atom stereocenters. The number of benzene rings is 1. The third-order valence-corrected chi connectivity index (χ3v) is 3.99. The molecule has 7 nitrogen and oxygen atoms in total. The molecule has 1 amide bonds. The fourth-order valence-electron chi connectivity index (χ4n) is 1.73. The Morgan fingerprint density at radius 1 is 1.64 bits per heavy atom. The van der Waals surface area contributed by atoms with Gasteiger partial charge in [0, 0.05) is 41.9 Å². The number of nitrogen functional groups attached to an aromatic ring is 1. The normalized spacial score (nSPS) is 42.9. The van der Waals surface area contributed by atoms with E-state index in [2.05, 4.69) is 4.74 Å². The van der Waals surface area contributed by atoms with Crippen LogP contribution in [0.1, 0.15) is 67.0 Å². The lowest BCUT2D eigenvalue weighted by Crippen LogP contribution is -2.40. The van der Waals surface area contributed by atoms with E-state index >= 15 is 0 Å². The average Bonchev–Trinajstić information content (AvgIpc) is 2.90. The molecule has 1 aromatic carbocycles. The fraction of sp³-hybridized carbons (Fsp3) is 0.588. The van der Waals surface area contributed by atoms with Gasteiger partial charge in [-0.25, -0.2) is 8.42 Å². The number of likely N-dealkylation sites (tertiary alicyclic amines) is 1. The molecule has 0 bridgehead atoms. The zero-order valence-electron chi connectivity index (χ0n) is 34.3. The minimum atomic E-state index is -5.99. The Labute approximate surface area is 180 Å². The second-order valence-electron chi connectivity index (χ2n) is 4.34. The predicted molar refractivity (Wildman–Crippen MR) is 97.7 cm³/mol. The lowest BCUT2D eigenvalue weighted by molar-refractivity contribution is 0.0938. The number of carbonyl (C=O) groups excluding carboxylic acids is 1. The summed E-state index contributed by atoms with van der Waals surface area (Å²) in [5.41, 5.74) is -1.71. The van der Waals surface area contributed by atoms with Crippen molar-refractivity contribution >= 4 is 21.4 Å². The van der Waals surface area contributed by atoms with E-state index in [-0.39, 0.29) is 0 Å². The Kier molecular flexibility index (Phi) is 1.73. The third kappa shape index (κ3) is 4.24. The molecule has 1 fully saturated rings. The number of carbonyl (C=O) groups is 1. The van der Waals surface area contributed by atoms with Crippen molar-refractivity contribution in [3.05, 3.63) is 17.6 Å². The van der Waals surface area contributed by atoms with Crippen molar-refractivity contribution in [2.75, 3.05) is 38.0 Å². The van der Waals surface area contributed by atoms with Gasteiger partial charge in [-0.15, -0.1) is 0 Å². The Morgan fingerprint density at radius 2 is 2.48 bits per heavy atom. The van der Waals surface area contributed by atoms with E-state index < -0.39 is 119 Å². The number of nitrogens with two attached hydrogens (primary N) is 1. The van der Waals surface area contributed by atoms with Gasteiger partial charge in [-0.2, -0.15) is 0 Å². The summed E-state index contributed by atoms with van der Waals surface area (Å²) in [6.07, 6.45) is -7.79. The minimum Gasteiger partial charge on any atom is -0.496 e. The number of nitrogens with one attached hydrogen (secondary N) is 1. The van der Waals surface area contributed by atoms with Crippen molar-refractivity contribution in [1.82, 2.24) is 10.2 Å². The first-order valence-electron chi connectivity index (χ1n) is 17.3. The second kappa shape index (κ2) is 8.05. The number of methoxy groups -OCH3 is 1. The summed E-state index contributed by atoms with van der Waals surface area (Å²) < 4.78 is 203. The number of anilines is 1. The number of hydrogen-bond donors (Lipinski definition) is 2. The molecule has 0 saturated carbocycles. The second-order valence-corrected chi connectivity index (χ2v) is 5.96. The Hall–Kier alpha value is -1.80. The number of nitrogens with zero attached hydrogens (tertiary/aromatic N) is 1. The van der Waals surface area contributed by atoms with E-state index in [1.54, 1.807) is 5.32 Å². The van der Waals surface area contributed by atoms with Crippen LogP contribution in [-0.4, -0.2) is 57.5 Å². The molecule has 140 valence electrons. The van der Waals surface area contributed by atoms with Crippen LogP contribution in [0.25, 0.3) is 0 Å². The topological polar surface area (TPSA) is 102 Å². The molecule has 0 aliphatic carbocycles. The lowest BCUT2D eigenvalue weighted by atomic mass is 10.1. The molecular weight excluding hydrogens is 342 g/mol. The van der Waals surface area contributed by atoms with E-state index in [1.807, 2.05) is 0 Å². The summed E-state index contributed by atoms with van der Waals surface area (Å²) in [6, 6.07) is -7.02. The highest BCUT2D eigenvalue weighted by atomic mass is 32.2. The van der Waals surface area contributed by atoms with Crippen molar-refractivity contribution in [3.8, 4) is 5.75 Å². The summed E-state index contributed by atoms with van der Waals surface area (Å²) in [5, 5.41) is 1.63. The zero-order chi connectivity index (χ0) is 37.7. The van der Waals surface area contributed by atoms with Crippen LogP contribution in [0.4, 0.5) is 5.69 Å². The van der Waals surface area contributed by atoms with Gasteiger partial charge in [0.05, 0.1) is 35.7 Å². The molecule has 0 spiro atoms. The Balaban J connectivity index is 2.94. The van der Waals surface area contributed by atoms with Gasteiger partial charge in [-0.05, 0) is 31.8 Å². The molecule has 1 aliphatic rings. The van der Waals surface area contributed by atoms with Crippen LogP contribution in [0.5, 0.6) is 5.75 Å². The first-order chi connectivity index (χ1) is 20.3. The standard InChI is InChI=1S/C17H27N3O4S/c1-4-20-8-6-7-12(20)11-19-17(21)13-9-16(25(22,23)5-2)14(18)10-15(13)24-3/h9-10,12H,4-8,11,18H2,1-3H3,(H,19,21)/i1D3,2D3,3D3,4D2,5D2,6D2,7D2,8D2,9D,10D,12D. The number of hydrogen-bond acceptors (Lipinski definition) is 6. The number of amides is 1. The average molecular weight is 392 g/mol. The van der Waals surface area contributed by atoms with Gasteiger partial charge in [0.15, 0.2) is 9.84 Å². The van der Waals surface area contributed by atoms with Gasteiger partial charge >= 0.3 is 0 Å². The fourth-order valence-corrected chi connectivity index (χ4v) is 2.41. The van der Waals surface area contributed by atoms with Crippen LogP contribution < -0.4 is 15.8 Å². The van der Waals surface area contributed by atoms with Gasteiger partial charge in [-0.1, -0.05) is 13.7 Å². The number of rotatable bonds is 7. The van der Waals surface area contributed by atoms with E-state index in [4.69, 9.17) is 35.9 Å². The van der Waals surface area contributed by atoms with E-state index in [0.29, 0.717) is 0 Å². The lowest BCUT2D eigenvalue weighted by Gasteiger charge is -2.23. The molecule has 0 radical (unpaired) electrons. The van der Waals surface area contributed by atoms with E-state index in [1.165, 1.54) is 0 Å². The van der Waals surface area contributed by atoms with Gasteiger partial charge in [-0.3, -0.25) is 9.69 Å². The van der Waals surface area contributed by atoms with Crippen molar-refractivity contribution in [2.45, 2.75) is 37.4 Å². The summed E-state index contributed by atoms with van der Waals surface area (Å²) in [7, 11) is -9.58. The van der Waals surface area contributed by atoms with Crippen LogP contribution in [0.3, 0.4) is 0 Å². The van der Waals surface area contributed by atoms with E-state index in [9.17, 15) is 13.2 Å². The number of ether oxygens (including phenoxy) is 1. The van der Waals surface area contributed by atoms with Gasteiger partial charge < -0.3 is 15.8 Å². The van der Waals surface area contributed by atoms with Crippen LogP contribution >= 0.6 is 0 Å². The van der Waals surface area contributed by atoms with Gasteiger partial charge in [0.2, 0.25) is 0 Å². The highest BCUT2D eigenvalue weighted by molar-refractivity contribution is 7.91. The quantitative estimate of drug-likeness (QED) is 0.679. The number of likely N-dealkylation sites (N-methyl/N-ethyl adjacent to an activating group) is 1. The SMILES string of the molecule is [2H]c1c(N)c(S(=O)(=O)C([2H])([2H])C([2H])([2H])[2H])c([2H])c(C(=O)NCC2([2H])N(C([2H])([2H])C([2H])([2H])[2H])C([2H])([2H])C([2H])([2H])C2([2H])[2H])c1OC([2H])([2H])[2H]. The van der Waals surface area contributed by atoms with Gasteiger partial charge in [0.1, 0.15) is 5.75 Å². The highest BCUT2D eigenvalue weighted by Crippen LogP contribution is 2.29. The molecule has 8 heteroatoms. The smallest absolute Gasteiger partial charge is 0.255 e. The van der Waals surface area contributed by atoms with E-state index in [0.717, 1.165) is 0 Å². The highest BCUT2D eigenvalue weighted by Gasteiger charge is 2.25. The first-order valence-corrected chi connectivity index (χ1v) is 7.75.